The summed E-state index contributed by atoms with van der Waals surface area (Å²) in [4.78, 5) is 0. The predicted octanol–water partition coefficient (Wildman–Crippen LogP) is 1.85. The molecule has 0 spiro atoms. The molecule has 1 aromatic carbocycles. The lowest BCUT2D eigenvalue weighted by Gasteiger charge is -1.89. The van der Waals surface area contributed by atoms with E-state index in [0.29, 0.717) is 0 Å². The van der Waals surface area contributed by atoms with Gasteiger partial charge < -0.3 is 9.84 Å². The van der Waals surface area contributed by atoms with Crippen molar-refractivity contribution in [3.05, 3.63) is 42.0 Å². The highest BCUT2D eigenvalue weighted by Crippen LogP contribution is 2.26. The zero-order valence-corrected chi connectivity index (χ0v) is 7.97. The zero-order valence-electron chi connectivity index (χ0n) is 7.97. The topological polar surface area (TPSA) is 32.8 Å². The molecule has 1 aromatic rings. The summed E-state index contributed by atoms with van der Waals surface area (Å²) in [5.41, 5.74) is 1.19. The third-order valence-electron chi connectivity index (χ3n) is 2.31. The van der Waals surface area contributed by atoms with Crippen molar-refractivity contribution in [1.82, 2.24) is 0 Å². The van der Waals surface area contributed by atoms with Crippen LogP contribution in [0, 0.1) is 0 Å². The van der Waals surface area contributed by atoms with E-state index in [0.717, 1.165) is 6.42 Å². The summed E-state index contributed by atoms with van der Waals surface area (Å²) >= 11 is 0. The van der Waals surface area contributed by atoms with E-state index in [9.17, 15) is 0 Å². The Morgan fingerprint density at radius 1 is 1.29 bits per heavy atom. The number of benzene rings is 1. The van der Waals surface area contributed by atoms with Gasteiger partial charge in [-0.15, -0.1) is 0 Å². The van der Waals surface area contributed by atoms with Crippen LogP contribution in [0.1, 0.15) is 12.0 Å². The Bertz CT molecular complexity index is 305. The number of hydrogen-bond acceptors (Lipinski definition) is 2. The number of ether oxygens (including phenoxy) is 1. The average molecular weight is 190 g/mol. The smallest absolute Gasteiger partial charge is 0.103 e. The molecule has 0 bridgehead atoms. The van der Waals surface area contributed by atoms with Crippen LogP contribution in [0.25, 0.3) is 6.08 Å². The Morgan fingerprint density at radius 2 is 2.07 bits per heavy atom. The molecule has 0 aliphatic carbocycles. The number of epoxide rings is 1. The Hall–Kier alpha value is -1.12. The fraction of sp³-hybridized carbons (Fsp3) is 0.333. The van der Waals surface area contributed by atoms with E-state index in [4.69, 9.17) is 9.84 Å². The molecule has 0 aromatic heterocycles. The fourth-order valence-electron chi connectivity index (χ4n) is 1.46. The van der Waals surface area contributed by atoms with Crippen LogP contribution in [0.4, 0.5) is 0 Å². The van der Waals surface area contributed by atoms with Gasteiger partial charge in [-0.25, -0.2) is 0 Å². The molecule has 2 nitrogen and oxygen atoms in total. The molecule has 1 N–H and O–H groups in total. The van der Waals surface area contributed by atoms with Crippen molar-refractivity contribution in [1.29, 1.82) is 0 Å². The van der Waals surface area contributed by atoms with Crippen LogP contribution in [-0.2, 0) is 4.74 Å². The van der Waals surface area contributed by atoms with Gasteiger partial charge in [-0.3, -0.25) is 0 Å². The van der Waals surface area contributed by atoms with Gasteiger partial charge >= 0.3 is 0 Å². The summed E-state index contributed by atoms with van der Waals surface area (Å²) in [6.45, 7) is 0.209. The molecule has 0 saturated carbocycles. The molecule has 2 unspecified atom stereocenters. The van der Waals surface area contributed by atoms with Crippen molar-refractivity contribution in [3.63, 3.8) is 0 Å². The van der Waals surface area contributed by atoms with Crippen molar-refractivity contribution < 1.29 is 9.84 Å². The van der Waals surface area contributed by atoms with Crippen molar-refractivity contribution in [2.75, 3.05) is 6.61 Å². The van der Waals surface area contributed by atoms with Crippen LogP contribution in [0.15, 0.2) is 36.4 Å². The van der Waals surface area contributed by atoms with Crippen molar-refractivity contribution in [2.24, 2.45) is 0 Å². The molecule has 1 heterocycles. The largest absolute Gasteiger partial charge is 0.396 e. The van der Waals surface area contributed by atoms with E-state index in [2.05, 4.69) is 24.3 Å². The van der Waals surface area contributed by atoms with Gasteiger partial charge in [-0.05, 0) is 12.0 Å². The second-order valence-corrected chi connectivity index (χ2v) is 3.42. The normalized spacial score (nSPS) is 25.5. The standard InChI is InChI=1S/C12H14O2/c13-9-8-12-11(14-12)7-6-10-4-2-1-3-5-10/h1-7,11-13H,8-9H2/b7-6+. The van der Waals surface area contributed by atoms with Crippen LogP contribution >= 0.6 is 0 Å². The Labute approximate surface area is 83.8 Å². The maximum Gasteiger partial charge on any atom is 0.103 e. The monoisotopic (exact) mass is 190 g/mol. The Kier molecular flexibility index (Phi) is 2.96. The maximum atomic E-state index is 8.68. The highest BCUT2D eigenvalue weighted by Gasteiger charge is 2.35. The summed E-state index contributed by atoms with van der Waals surface area (Å²) < 4.78 is 5.33. The quantitative estimate of drug-likeness (QED) is 0.735. The molecule has 2 atom stereocenters. The minimum Gasteiger partial charge on any atom is -0.396 e. The SMILES string of the molecule is OCCC1OC1/C=C/c1ccccc1. The molecule has 2 rings (SSSR count). The summed E-state index contributed by atoms with van der Waals surface area (Å²) in [5, 5.41) is 8.68. The second-order valence-electron chi connectivity index (χ2n) is 3.42. The van der Waals surface area contributed by atoms with Crippen LogP contribution in [0.5, 0.6) is 0 Å². The first kappa shape index (κ1) is 9.44. The lowest BCUT2D eigenvalue weighted by Crippen LogP contribution is -1.93. The van der Waals surface area contributed by atoms with Crippen LogP contribution in [0.3, 0.4) is 0 Å². The second kappa shape index (κ2) is 4.40. The first-order chi connectivity index (χ1) is 6.90. The summed E-state index contributed by atoms with van der Waals surface area (Å²) in [6.07, 6.45) is 5.30. The highest BCUT2D eigenvalue weighted by atomic mass is 16.6. The van der Waals surface area contributed by atoms with Gasteiger partial charge in [0, 0.05) is 6.61 Å². The van der Waals surface area contributed by atoms with Crippen LogP contribution in [-0.4, -0.2) is 23.9 Å². The number of aliphatic hydroxyl groups is 1. The van der Waals surface area contributed by atoms with Crippen LogP contribution in [0.2, 0.25) is 0 Å². The first-order valence-corrected chi connectivity index (χ1v) is 4.90. The third kappa shape index (κ3) is 2.44. The van der Waals surface area contributed by atoms with Crippen molar-refractivity contribution in [3.8, 4) is 0 Å². The molecule has 1 aliphatic heterocycles. The van der Waals surface area contributed by atoms with Gasteiger partial charge in [0.25, 0.3) is 0 Å². The Balaban J connectivity index is 1.85. The lowest BCUT2D eigenvalue weighted by molar-refractivity contribution is 0.263. The number of rotatable bonds is 4. The molecule has 0 amide bonds. The van der Waals surface area contributed by atoms with Crippen molar-refractivity contribution in [2.45, 2.75) is 18.6 Å². The van der Waals surface area contributed by atoms with Gasteiger partial charge in [-0.2, -0.15) is 0 Å². The van der Waals surface area contributed by atoms with E-state index in [1.54, 1.807) is 0 Å². The molecular formula is C12H14O2. The molecular weight excluding hydrogens is 176 g/mol. The summed E-state index contributed by atoms with van der Waals surface area (Å²) in [7, 11) is 0. The highest BCUT2D eigenvalue weighted by molar-refractivity contribution is 5.49. The fourth-order valence-corrected chi connectivity index (χ4v) is 1.46. The Morgan fingerprint density at radius 3 is 2.79 bits per heavy atom. The average Bonchev–Trinajstić information content (AvgIpc) is 2.96. The minimum absolute atomic E-state index is 0.209. The third-order valence-corrected chi connectivity index (χ3v) is 2.31. The van der Waals surface area contributed by atoms with Gasteiger partial charge in [0.1, 0.15) is 6.10 Å². The molecule has 1 fully saturated rings. The molecule has 14 heavy (non-hydrogen) atoms. The van der Waals surface area contributed by atoms with E-state index in [-0.39, 0.29) is 18.8 Å². The van der Waals surface area contributed by atoms with Gasteiger partial charge in [0.05, 0.1) is 6.10 Å². The van der Waals surface area contributed by atoms with E-state index >= 15 is 0 Å². The van der Waals surface area contributed by atoms with Gasteiger partial charge in [0.2, 0.25) is 0 Å². The molecule has 1 saturated heterocycles. The summed E-state index contributed by atoms with van der Waals surface area (Å²) in [6, 6.07) is 10.1. The summed E-state index contributed by atoms with van der Waals surface area (Å²) in [5.74, 6) is 0. The maximum absolute atomic E-state index is 8.68. The van der Waals surface area contributed by atoms with E-state index in [1.165, 1.54) is 5.56 Å². The number of hydrogen-bond donors (Lipinski definition) is 1. The van der Waals surface area contributed by atoms with Crippen molar-refractivity contribution >= 4 is 6.08 Å². The lowest BCUT2D eigenvalue weighted by atomic mass is 10.2. The molecule has 1 aliphatic rings. The zero-order chi connectivity index (χ0) is 9.80. The minimum atomic E-state index is 0.209. The van der Waals surface area contributed by atoms with Gasteiger partial charge in [-0.1, -0.05) is 42.5 Å². The first-order valence-electron chi connectivity index (χ1n) is 4.90. The van der Waals surface area contributed by atoms with E-state index in [1.807, 2.05) is 18.2 Å². The van der Waals surface area contributed by atoms with Crippen LogP contribution < -0.4 is 0 Å². The number of aliphatic hydroxyl groups excluding tert-OH is 1. The van der Waals surface area contributed by atoms with E-state index < -0.39 is 0 Å². The predicted molar refractivity (Wildman–Crippen MR) is 55.8 cm³/mol. The van der Waals surface area contributed by atoms with Gasteiger partial charge in [0.15, 0.2) is 0 Å². The molecule has 74 valence electrons. The molecule has 0 radical (unpaired) electrons. The molecule has 2 heteroatoms.